The van der Waals surface area contributed by atoms with Crippen molar-refractivity contribution in [3.05, 3.63) is 35.0 Å². The highest BCUT2D eigenvalue weighted by atomic mass is 16.5. The molecule has 1 aliphatic carbocycles. The van der Waals surface area contributed by atoms with Gasteiger partial charge in [-0.3, -0.25) is 0 Å². The van der Waals surface area contributed by atoms with Gasteiger partial charge in [-0.25, -0.2) is 9.59 Å². The van der Waals surface area contributed by atoms with E-state index in [1.807, 2.05) is 6.07 Å². The number of rotatable bonds is 5. The molecule has 7 nitrogen and oxygen atoms in total. The number of hydrogen-bond donors (Lipinski definition) is 2. The van der Waals surface area contributed by atoms with Crippen molar-refractivity contribution in [3.63, 3.8) is 0 Å². The Hall–Kier alpha value is -2.70. The maximum atomic E-state index is 13.0. The van der Waals surface area contributed by atoms with Gasteiger partial charge in [0.2, 0.25) is 0 Å². The molecule has 7 heteroatoms. The molecule has 1 saturated carbocycles. The van der Waals surface area contributed by atoms with E-state index in [-0.39, 0.29) is 12.1 Å². The van der Waals surface area contributed by atoms with Crippen LogP contribution < -0.4 is 20.1 Å². The van der Waals surface area contributed by atoms with Gasteiger partial charge >= 0.3 is 12.0 Å². The highest BCUT2D eigenvalue weighted by molar-refractivity contribution is 5.95. The predicted octanol–water partition coefficient (Wildman–Crippen LogP) is 3.60. The average Bonchev–Trinajstić information content (AvgIpc) is 2.95. The molecule has 2 N–H and O–H groups in total. The number of nitrogens with one attached hydrogen (secondary N) is 2. The molecule has 1 aromatic rings. The van der Waals surface area contributed by atoms with Gasteiger partial charge in [0.1, 0.15) is 6.10 Å². The molecule has 1 aromatic carbocycles. The summed E-state index contributed by atoms with van der Waals surface area (Å²) in [5.41, 5.74) is 1.64. The van der Waals surface area contributed by atoms with Gasteiger partial charge in [0.25, 0.3) is 0 Å². The van der Waals surface area contributed by atoms with Crippen LogP contribution in [0.5, 0.6) is 11.5 Å². The third-order valence-electron chi connectivity index (χ3n) is 5.31. The average molecular weight is 388 g/mol. The number of amides is 2. The largest absolute Gasteiger partial charge is 0.493 e. The van der Waals surface area contributed by atoms with Gasteiger partial charge in [0, 0.05) is 5.70 Å². The number of allylic oxidation sites excluding steroid dienone is 1. The van der Waals surface area contributed by atoms with Crippen LogP contribution in [-0.2, 0) is 9.53 Å². The molecule has 2 aliphatic rings. The molecule has 28 heavy (non-hydrogen) atoms. The van der Waals surface area contributed by atoms with Crippen molar-refractivity contribution < 1.29 is 23.8 Å². The third kappa shape index (κ3) is 4.40. The first-order chi connectivity index (χ1) is 13.5. The second-order valence-electron chi connectivity index (χ2n) is 7.20. The molecule has 0 unspecified atom stereocenters. The fourth-order valence-electron chi connectivity index (χ4n) is 3.82. The monoisotopic (exact) mass is 388 g/mol. The lowest BCUT2D eigenvalue weighted by atomic mass is 9.95. The molecular weight excluding hydrogens is 360 g/mol. The van der Waals surface area contributed by atoms with E-state index in [1.54, 1.807) is 33.3 Å². The molecule has 0 aromatic heterocycles. The van der Waals surface area contributed by atoms with Crippen LogP contribution in [0, 0.1) is 0 Å². The van der Waals surface area contributed by atoms with Gasteiger partial charge in [-0.15, -0.1) is 0 Å². The number of hydrogen-bond acceptors (Lipinski definition) is 5. The molecule has 0 saturated heterocycles. The van der Waals surface area contributed by atoms with E-state index in [0.29, 0.717) is 22.8 Å². The summed E-state index contributed by atoms with van der Waals surface area (Å²) in [6.07, 6.45) is 6.22. The minimum atomic E-state index is -0.619. The zero-order chi connectivity index (χ0) is 20.1. The minimum Gasteiger partial charge on any atom is -0.493 e. The van der Waals surface area contributed by atoms with E-state index in [1.165, 1.54) is 12.8 Å². The van der Waals surface area contributed by atoms with Crippen LogP contribution in [0.3, 0.4) is 0 Å². The van der Waals surface area contributed by atoms with Crippen LogP contribution in [0.2, 0.25) is 0 Å². The molecule has 0 spiro atoms. The molecule has 0 radical (unpaired) electrons. The van der Waals surface area contributed by atoms with Gasteiger partial charge in [-0.05, 0) is 50.3 Å². The molecule has 1 heterocycles. The smallest absolute Gasteiger partial charge is 0.338 e. The summed E-state index contributed by atoms with van der Waals surface area (Å²) in [6.45, 7) is 1.72. The van der Waals surface area contributed by atoms with Gasteiger partial charge in [0.05, 0.1) is 25.8 Å². The molecule has 1 fully saturated rings. The molecule has 1 atom stereocenters. The lowest BCUT2D eigenvalue weighted by molar-refractivity contribution is -0.145. The van der Waals surface area contributed by atoms with Crippen molar-refractivity contribution in [3.8, 4) is 11.5 Å². The van der Waals surface area contributed by atoms with Crippen molar-refractivity contribution in [1.82, 2.24) is 10.6 Å². The van der Waals surface area contributed by atoms with Gasteiger partial charge in [-0.2, -0.15) is 0 Å². The topological polar surface area (TPSA) is 85.9 Å². The lowest BCUT2D eigenvalue weighted by Crippen LogP contribution is -2.45. The second-order valence-corrected chi connectivity index (χ2v) is 7.20. The standard InChI is InChI=1S/C21H28N2O5/c1-13-18(20(24)28-15-8-6-4-5-7-9-15)19(23-21(25)22-13)14-10-11-16(26-2)17(12-14)27-3/h10-12,15,19H,4-9H2,1-3H3,(H2,22,23,25)/t19-/m0/s1. The van der Waals surface area contributed by atoms with Crippen molar-refractivity contribution >= 4 is 12.0 Å². The molecule has 0 bridgehead atoms. The summed E-state index contributed by atoms with van der Waals surface area (Å²) in [6, 6.07) is 4.35. The first-order valence-corrected chi connectivity index (χ1v) is 9.74. The van der Waals surface area contributed by atoms with Crippen molar-refractivity contribution in [1.29, 1.82) is 0 Å². The minimum absolute atomic E-state index is 0.0704. The van der Waals surface area contributed by atoms with Crippen LogP contribution >= 0.6 is 0 Å². The van der Waals surface area contributed by atoms with E-state index in [0.717, 1.165) is 31.2 Å². The Morgan fingerprint density at radius 1 is 1.04 bits per heavy atom. The third-order valence-corrected chi connectivity index (χ3v) is 5.31. The number of carbonyl (C=O) groups is 2. The van der Waals surface area contributed by atoms with Crippen LogP contribution in [0.25, 0.3) is 0 Å². The summed E-state index contributed by atoms with van der Waals surface area (Å²) in [7, 11) is 3.11. The van der Waals surface area contributed by atoms with E-state index >= 15 is 0 Å². The SMILES string of the molecule is COc1ccc([C@@H]2NC(=O)NC(C)=C2C(=O)OC2CCCCCC2)cc1OC. The number of benzene rings is 1. The molecular formula is C21H28N2O5. The van der Waals surface area contributed by atoms with Crippen molar-refractivity contribution in [2.45, 2.75) is 57.6 Å². The lowest BCUT2D eigenvalue weighted by Gasteiger charge is -2.29. The Morgan fingerprint density at radius 2 is 1.71 bits per heavy atom. The number of urea groups is 1. The summed E-state index contributed by atoms with van der Waals surface area (Å²) in [5.74, 6) is 0.716. The number of ether oxygens (including phenoxy) is 3. The van der Waals surface area contributed by atoms with Crippen molar-refractivity contribution in [2.75, 3.05) is 14.2 Å². The number of methoxy groups -OCH3 is 2. The number of esters is 1. The summed E-state index contributed by atoms with van der Waals surface area (Å²) in [5, 5.41) is 5.51. The molecule has 2 amide bonds. The Kier molecular flexibility index (Phi) is 6.44. The summed E-state index contributed by atoms with van der Waals surface area (Å²) < 4.78 is 16.5. The van der Waals surface area contributed by atoms with Crippen LogP contribution in [0.1, 0.15) is 57.1 Å². The first-order valence-electron chi connectivity index (χ1n) is 9.74. The van der Waals surface area contributed by atoms with E-state index in [9.17, 15) is 9.59 Å². The normalized spacial score (nSPS) is 20.7. The fraction of sp³-hybridized carbons (Fsp3) is 0.524. The Labute approximate surface area is 165 Å². The zero-order valence-corrected chi connectivity index (χ0v) is 16.7. The maximum absolute atomic E-state index is 13.0. The zero-order valence-electron chi connectivity index (χ0n) is 16.7. The highest BCUT2D eigenvalue weighted by Crippen LogP contribution is 2.35. The maximum Gasteiger partial charge on any atom is 0.338 e. The number of carbonyl (C=O) groups excluding carboxylic acids is 2. The Bertz CT molecular complexity index is 766. The van der Waals surface area contributed by atoms with Gasteiger partial charge in [0.15, 0.2) is 11.5 Å². The van der Waals surface area contributed by atoms with Crippen LogP contribution in [0.4, 0.5) is 4.79 Å². The summed E-state index contributed by atoms with van der Waals surface area (Å²) in [4.78, 5) is 25.1. The van der Waals surface area contributed by atoms with E-state index in [2.05, 4.69) is 10.6 Å². The van der Waals surface area contributed by atoms with Gasteiger partial charge in [-0.1, -0.05) is 18.9 Å². The summed E-state index contributed by atoms with van der Waals surface area (Å²) >= 11 is 0. The Morgan fingerprint density at radius 3 is 2.36 bits per heavy atom. The van der Waals surface area contributed by atoms with E-state index < -0.39 is 12.0 Å². The highest BCUT2D eigenvalue weighted by Gasteiger charge is 2.34. The van der Waals surface area contributed by atoms with Crippen LogP contribution in [0.15, 0.2) is 29.5 Å². The molecule has 1 aliphatic heterocycles. The van der Waals surface area contributed by atoms with Crippen molar-refractivity contribution in [2.24, 2.45) is 0 Å². The first kappa shape index (κ1) is 20.0. The van der Waals surface area contributed by atoms with Gasteiger partial charge < -0.3 is 24.8 Å². The van der Waals surface area contributed by atoms with Crippen LogP contribution in [-0.4, -0.2) is 32.3 Å². The quantitative estimate of drug-likeness (QED) is 0.595. The van der Waals surface area contributed by atoms with E-state index in [4.69, 9.17) is 14.2 Å². The second kappa shape index (κ2) is 8.99. The fourth-order valence-corrected chi connectivity index (χ4v) is 3.82. The molecule has 3 rings (SSSR count). The predicted molar refractivity (Wildman–Crippen MR) is 104 cm³/mol. The molecule has 152 valence electrons. The Balaban J connectivity index is 1.89.